The predicted molar refractivity (Wildman–Crippen MR) is 312 cm³/mol. The zero-order chi connectivity index (χ0) is 52.2. The van der Waals surface area contributed by atoms with E-state index < -0.39 is 6.10 Å². The average molecular weight is 1020 g/mol. The van der Waals surface area contributed by atoms with Gasteiger partial charge in [-0.25, -0.2) is 0 Å². The normalized spacial score (nSPS) is 12.0. The highest BCUT2D eigenvalue weighted by Gasteiger charge is 2.19. The summed E-state index contributed by atoms with van der Waals surface area (Å²) in [6.07, 6.45) is 72.2. The largest absolute Gasteiger partial charge is 0.462 e. The summed E-state index contributed by atoms with van der Waals surface area (Å²) in [5, 5.41) is 0. The van der Waals surface area contributed by atoms with Crippen molar-refractivity contribution in [3.63, 3.8) is 0 Å². The van der Waals surface area contributed by atoms with Gasteiger partial charge in [0.15, 0.2) is 6.10 Å². The number of rotatable bonds is 61. The number of carbonyl (C=O) groups excluding carboxylic acids is 3. The molecule has 0 aromatic heterocycles. The molecule has 0 saturated heterocycles. The zero-order valence-corrected chi connectivity index (χ0v) is 49.0. The van der Waals surface area contributed by atoms with Gasteiger partial charge in [0.1, 0.15) is 13.2 Å². The van der Waals surface area contributed by atoms with Gasteiger partial charge in [0, 0.05) is 19.3 Å². The summed E-state index contributed by atoms with van der Waals surface area (Å²) >= 11 is 0. The van der Waals surface area contributed by atoms with Gasteiger partial charge in [-0.3, -0.25) is 14.4 Å². The number of unbranched alkanes of at least 4 members (excludes halogenated alkanes) is 48. The van der Waals surface area contributed by atoms with Crippen LogP contribution in [0, 0.1) is 0 Å². The standard InChI is InChI=1S/C66H126O6/c1-4-7-10-13-16-19-22-25-28-30-32-34-35-38-41-44-47-50-53-56-59-65(68)71-62-63(61-70-64(67)58-55-52-49-46-43-40-37-27-24-21-18-15-12-9-6-3)72-66(69)60-57-54-51-48-45-42-39-36-33-31-29-26-23-20-17-14-11-8-5-2/h26,29,63H,4-25,27-28,30-62H2,1-3H3/b29-26-. The molecule has 0 aromatic rings. The lowest BCUT2D eigenvalue weighted by molar-refractivity contribution is -0.167. The van der Waals surface area contributed by atoms with Crippen molar-refractivity contribution in [1.82, 2.24) is 0 Å². The lowest BCUT2D eigenvalue weighted by atomic mass is 10.0. The summed E-state index contributed by atoms with van der Waals surface area (Å²) in [5.41, 5.74) is 0. The summed E-state index contributed by atoms with van der Waals surface area (Å²) in [6.45, 7) is 6.72. The molecule has 72 heavy (non-hydrogen) atoms. The molecule has 6 heteroatoms. The maximum Gasteiger partial charge on any atom is 0.306 e. The Hall–Kier alpha value is -1.85. The summed E-state index contributed by atoms with van der Waals surface area (Å²) in [4.78, 5) is 38.3. The van der Waals surface area contributed by atoms with Crippen LogP contribution in [0.25, 0.3) is 0 Å². The first kappa shape index (κ1) is 70.1. The van der Waals surface area contributed by atoms with Crippen LogP contribution in [-0.4, -0.2) is 37.2 Å². The van der Waals surface area contributed by atoms with Crippen molar-refractivity contribution in [3.8, 4) is 0 Å². The highest BCUT2D eigenvalue weighted by atomic mass is 16.6. The van der Waals surface area contributed by atoms with E-state index in [9.17, 15) is 14.4 Å². The number of ether oxygens (including phenoxy) is 3. The van der Waals surface area contributed by atoms with Gasteiger partial charge in [-0.2, -0.15) is 0 Å². The fourth-order valence-electron chi connectivity index (χ4n) is 10.1. The molecule has 0 rings (SSSR count). The van der Waals surface area contributed by atoms with Crippen LogP contribution < -0.4 is 0 Å². The Balaban J connectivity index is 4.28. The van der Waals surface area contributed by atoms with Crippen molar-refractivity contribution < 1.29 is 28.6 Å². The first-order valence-corrected chi connectivity index (χ1v) is 32.7. The molecule has 0 amide bonds. The van der Waals surface area contributed by atoms with Crippen molar-refractivity contribution in [2.24, 2.45) is 0 Å². The molecule has 0 aliphatic heterocycles. The zero-order valence-electron chi connectivity index (χ0n) is 49.0. The van der Waals surface area contributed by atoms with E-state index in [4.69, 9.17) is 14.2 Å². The van der Waals surface area contributed by atoms with E-state index in [1.165, 1.54) is 276 Å². The molecular formula is C66H126O6. The van der Waals surface area contributed by atoms with Crippen LogP contribution in [0.3, 0.4) is 0 Å². The highest BCUT2D eigenvalue weighted by Crippen LogP contribution is 2.18. The Labute approximate surface area is 450 Å². The second kappa shape index (κ2) is 61.7. The molecule has 0 heterocycles. The molecule has 1 atom stereocenters. The van der Waals surface area contributed by atoms with Crippen LogP contribution in [0.15, 0.2) is 12.2 Å². The Bertz CT molecular complexity index is 1120. The smallest absolute Gasteiger partial charge is 0.306 e. The third-order valence-electron chi connectivity index (χ3n) is 15.0. The fourth-order valence-corrected chi connectivity index (χ4v) is 10.1. The van der Waals surface area contributed by atoms with E-state index in [0.29, 0.717) is 19.3 Å². The molecule has 1 unspecified atom stereocenters. The van der Waals surface area contributed by atoms with Crippen molar-refractivity contribution in [2.45, 2.75) is 380 Å². The van der Waals surface area contributed by atoms with Crippen LogP contribution >= 0.6 is 0 Å². The lowest BCUT2D eigenvalue weighted by Crippen LogP contribution is -2.30. The van der Waals surface area contributed by atoms with Gasteiger partial charge in [-0.1, -0.05) is 322 Å². The molecule has 0 N–H and O–H groups in total. The van der Waals surface area contributed by atoms with E-state index >= 15 is 0 Å². The molecule has 0 aliphatic carbocycles. The van der Waals surface area contributed by atoms with Gasteiger partial charge >= 0.3 is 17.9 Å². The molecule has 0 aromatic carbocycles. The molecule has 0 spiro atoms. The second-order valence-electron chi connectivity index (χ2n) is 22.4. The van der Waals surface area contributed by atoms with Crippen molar-refractivity contribution in [3.05, 3.63) is 12.2 Å². The number of esters is 3. The topological polar surface area (TPSA) is 78.9 Å². The minimum atomic E-state index is -0.767. The highest BCUT2D eigenvalue weighted by molar-refractivity contribution is 5.71. The molecule has 0 radical (unpaired) electrons. The summed E-state index contributed by atoms with van der Waals surface area (Å²) < 4.78 is 17.0. The number of carbonyl (C=O) groups is 3. The Morgan fingerprint density at radius 3 is 0.694 bits per heavy atom. The molecule has 0 bridgehead atoms. The van der Waals surface area contributed by atoms with Crippen LogP contribution in [-0.2, 0) is 28.6 Å². The van der Waals surface area contributed by atoms with Gasteiger partial charge in [-0.05, 0) is 44.9 Å². The molecule has 426 valence electrons. The number of hydrogen-bond acceptors (Lipinski definition) is 6. The Morgan fingerprint density at radius 1 is 0.264 bits per heavy atom. The van der Waals surface area contributed by atoms with Crippen LogP contribution in [0.5, 0.6) is 0 Å². The molecular weight excluding hydrogens is 889 g/mol. The van der Waals surface area contributed by atoms with E-state index in [0.717, 1.165) is 57.8 Å². The second-order valence-corrected chi connectivity index (χ2v) is 22.4. The Kier molecular flexibility index (Phi) is 60.1. The summed E-state index contributed by atoms with van der Waals surface area (Å²) in [7, 11) is 0. The van der Waals surface area contributed by atoms with Gasteiger partial charge in [-0.15, -0.1) is 0 Å². The number of allylic oxidation sites excluding steroid dienone is 2. The predicted octanol–water partition coefficient (Wildman–Crippen LogP) is 22.1. The van der Waals surface area contributed by atoms with Crippen LogP contribution in [0.1, 0.15) is 374 Å². The lowest BCUT2D eigenvalue weighted by Gasteiger charge is -2.18. The monoisotopic (exact) mass is 1010 g/mol. The van der Waals surface area contributed by atoms with Crippen molar-refractivity contribution in [1.29, 1.82) is 0 Å². The van der Waals surface area contributed by atoms with E-state index in [1.54, 1.807) is 0 Å². The van der Waals surface area contributed by atoms with Gasteiger partial charge in [0.05, 0.1) is 0 Å². The van der Waals surface area contributed by atoms with Crippen molar-refractivity contribution >= 4 is 17.9 Å². The van der Waals surface area contributed by atoms with E-state index in [-0.39, 0.29) is 31.1 Å². The minimum absolute atomic E-state index is 0.0640. The summed E-state index contributed by atoms with van der Waals surface area (Å²) in [5.74, 6) is -0.833. The molecule has 6 nitrogen and oxygen atoms in total. The first-order valence-electron chi connectivity index (χ1n) is 32.7. The van der Waals surface area contributed by atoms with Gasteiger partial charge in [0.25, 0.3) is 0 Å². The quantitative estimate of drug-likeness (QED) is 0.0261. The summed E-state index contributed by atoms with van der Waals surface area (Å²) in [6, 6.07) is 0. The van der Waals surface area contributed by atoms with Gasteiger partial charge in [0.2, 0.25) is 0 Å². The molecule has 0 fully saturated rings. The van der Waals surface area contributed by atoms with Gasteiger partial charge < -0.3 is 14.2 Å². The SMILES string of the molecule is CCCCCCCC/C=C\CCCCCCCCCCCC(=O)OC(COC(=O)CCCCCCCCCCCCCCCCC)COC(=O)CCCCCCCCCCCCCCCCCCCCCC. The van der Waals surface area contributed by atoms with Crippen LogP contribution in [0.2, 0.25) is 0 Å². The third-order valence-corrected chi connectivity index (χ3v) is 15.0. The van der Waals surface area contributed by atoms with Crippen molar-refractivity contribution in [2.75, 3.05) is 13.2 Å². The molecule has 0 saturated carbocycles. The van der Waals surface area contributed by atoms with E-state index in [2.05, 4.69) is 32.9 Å². The van der Waals surface area contributed by atoms with E-state index in [1.807, 2.05) is 0 Å². The maximum atomic E-state index is 12.9. The maximum absolute atomic E-state index is 12.9. The fraction of sp³-hybridized carbons (Fsp3) is 0.924. The van der Waals surface area contributed by atoms with Crippen LogP contribution in [0.4, 0.5) is 0 Å². The molecule has 0 aliphatic rings. The number of hydrogen-bond donors (Lipinski definition) is 0. The minimum Gasteiger partial charge on any atom is -0.462 e. The Morgan fingerprint density at radius 2 is 0.458 bits per heavy atom. The first-order chi connectivity index (χ1) is 35.5. The average Bonchev–Trinajstić information content (AvgIpc) is 3.38. The third kappa shape index (κ3) is 59.0.